The van der Waals surface area contributed by atoms with Crippen molar-refractivity contribution < 1.29 is 17.9 Å². The molecule has 3 aromatic heterocycles. The van der Waals surface area contributed by atoms with E-state index >= 15 is 0 Å². The van der Waals surface area contributed by atoms with Crippen LogP contribution in [-0.2, 0) is 0 Å². The van der Waals surface area contributed by atoms with Crippen molar-refractivity contribution in [2.24, 2.45) is 0 Å². The van der Waals surface area contributed by atoms with Crippen LogP contribution in [0.1, 0.15) is 0 Å². The first-order valence-corrected chi connectivity index (χ1v) is 18.3. The van der Waals surface area contributed by atoms with Gasteiger partial charge in [0.2, 0.25) is 5.95 Å². The van der Waals surface area contributed by atoms with E-state index in [1.165, 1.54) is 0 Å². The third kappa shape index (κ3) is 5.92. The summed E-state index contributed by atoms with van der Waals surface area (Å²) in [4.78, 5) is 10.4. The molecule has 0 saturated heterocycles. The molecule has 3 heterocycles. The molecule has 10 aromatic rings. The summed E-state index contributed by atoms with van der Waals surface area (Å²) in [5.74, 6) is 0.748. The van der Waals surface area contributed by atoms with Gasteiger partial charge in [-0.3, -0.25) is 4.57 Å². The Kier molecular flexibility index (Phi) is 7.92. The van der Waals surface area contributed by atoms with Crippen LogP contribution in [-0.4, -0.2) is 31.9 Å². The Morgan fingerprint density at radius 2 is 0.946 bits per heavy atom. The lowest BCUT2D eigenvalue weighted by Crippen LogP contribution is -2.19. The Balaban J connectivity index is 1.13. The predicted molar refractivity (Wildman–Crippen MR) is 219 cm³/mol. The molecule has 5 nitrogen and oxygen atoms in total. The highest BCUT2D eigenvalue weighted by Gasteiger charge is 2.28. The van der Waals surface area contributed by atoms with Crippen LogP contribution >= 0.6 is 0 Å². The molecule has 10 rings (SSSR count). The number of hydrogen-bond acceptors (Lipinski definition) is 3. The molecule has 0 aliphatic rings. The van der Waals surface area contributed by atoms with Crippen molar-refractivity contribution in [2.45, 2.75) is 6.18 Å². The number of halogens is 3. The summed E-state index contributed by atoms with van der Waals surface area (Å²) >= 11 is 0. The minimum atomic E-state index is -4.41. The molecule has 0 unspecified atom stereocenters. The first kappa shape index (κ1) is 33.4. The van der Waals surface area contributed by atoms with E-state index in [2.05, 4.69) is 106 Å². The molecule has 0 radical (unpaired) electrons. The van der Waals surface area contributed by atoms with E-state index in [0.717, 1.165) is 82.9 Å². The molecule has 0 bridgehead atoms. The van der Waals surface area contributed by atoms with Crippen LogP contribution in [0.25, 0.3) is 88.9 Å². The molecule has 0 aliphatic carbocycles. The van der Waals surface area contributed by atoms with Crippen LogP contribution in [0.3, 0.4) is 0 Å². The molecule has 0 saturated carbocycles. The minimum absolute atomic E-state index is 0.162. The van der Waals surface area contributed by atoms with Crippen LogP contribution in [0.4, 0.5) is 13.2 Å². The minimum Gasteiger partial charge on any atom is -0.484 e. The summed E-state index contributed by atoms with van der Waals surface area (Å²) in [6.07, 6.45) is -4.41. The van der Waals surface area contributed by atoms with Crippen molar-refractivity contribution in [1.82, 2.24) is 19.1 Å². The summed E-state index contributed by atoms with van der Waals surface area (Å²) in [6, 6.07) is 58.7. The van der Waals surface area contributed by atoms with Crippen molar-refractivity contribution in [3.8, 4) is 51.0 Å². The van der Waals surface area contributed by atoms with E-state index in [4.69, 9.17) is 14.7 Å². The first-order chi connectivity index (χ1) is 27.4. The third-order valence-electron chi connectivity index (χ3n) is 10.2. The Morgan fingerprint density at radius 1 is 0.429 bits per heavy atom. The zero-order valence-corrected chi connectivity index (χ0v) is 29.8. The molecule has 0 spiro atoms. The lowest BCUT2D eigenvalue weighted by molar-refractivity contribution is -0.153. The highest BCUT2D eigenvalue weighted by Crippen LogP contribution is 2.38. The Bertz CT molecular complexity index is 3000. The maximum absolute atomic E-state index is 12.8. The summed E-state index contributed by atoms with van der Waals surface area (Å²) in [5.41, 5.74) is 10.6. The predicted octanol–water partition coefficient (Wildman–Crippen LogP) is 12.6. The highest BCUT2D eigenvalue weighted by molar-refractivity contribution is 6.12. The Labute approximate surface area is 319 Å². The SMILES string of the molecule is FC(F)(F)COc1ccc(-n2c3ccccc3c3cc(-c4ccc5c6ccccc6n(-c6nc(-c7ccccc7)cc(-c7ccccc7)n6)c5c4)ccc32)cc1. The van der Waals surface area contributed by atoms with Crippen molar-refractivity contribution in [3.05, 3.63) is 176 Å². The topological polar surface area (TPSA) is 44.9 Å². The standard InChI is InChI=1S/C48H31F3N4O/c49-48(50,51)30-56-36-23-21-35(22-24-36)54-43-17-9-8-16-38(43)40-27-33(20-26-45(40)54)34-19-25-39-37-15-7-10-18-44(37)55(46(39)28-34)47-52-41(31-11-3-1-4-12-31)29-42(53-47)32-13-5-2-6-14-32/h1-29H,30H2. The van der Waals surface area contributed by atoms with Crippen LogP contribution in [0, 0.1) is 0 Å². The molecule has 270 valence electrons. The van der Waals surface area contributed by atoms with Gasteiger partial charge in [0.1, 0.15) is 5.75 Å². The van der Waals surface area contributed by atoms with Gasteiger partial charge in [0.05, 0.1) is 33.5 Å². The second kappa shape index (κ2) is 13.3. The van der Waals surface area contributed by atoms with Gasteiger partial charge < -0.3 is 9.30 Å². The van der Waals surface area contributed by atoms with E-state index in [1.54, 1.807) is 24.3 Å². The summed E-state index contributed by atoms with van der Waals surface area (Å²) < 4.78 is 47.6. The summed E-state index contributed by atoms with van der Waals surface area (Å²) in [5, 5.41) is 4.33. The van der Waals surface area contributed by atoms with Gasteiger partial charge in [-0.25, -0.2) is 9.97 Å². The highest BCUT2D eigenvalue weighted by atomic mass is 19.4. The summed E-state index contributed by atoms with van der Waals surface area (Å²) in [6.45, 7) is -1.33. The largest absolute Gasteiger partial charge is 0.484 e. The van der Waals surface area contributed by atoms with Gasteiger partial charge >= 0.3 is 6.18 Å². The van der Waals surface area contributed by atoms with Gasteiger partial charge in [-0.2, -0.15) is 13.2 Å². The number of fused-ring (bicyclic) bond motifs is 6. The van der Waals surface area contributed by atoms with Gasteiger partial charge in [0.25, 0.3) is 0 Å². The number of hydrogen-bond donors (Lipinski definition) is 0. The number of para-hydroxylation sites is 2. The van der Waals surface area contributed by atoms with Gasteiger partial charge in [0.15, 0.2) is 6.61 Å². The van der Waals surface area contributed by atoms with Gasteiger partial charge in [-0.05, 0) is 71.8 Å². The van der Waals surface area contributed by atoms with Gasteiger partial charge in [0, 0.05) is 38.4 Å². The van der Waals surface area contributed by atoms with Crippen molar-refractivity contribution in [1.29, 1.82) is 0 Å². The number of alkyl halides is 3. The average molecular weight is 737 g/mol. The van der Waals surface area contributed by atoms with Crippen LogP contribution < -0.4 is 4.74 Å². The Morgan fingerprint density at radius 3 is 1.59 bits per heavy atom. The molecule has 0 atom stereocenters. The summed E-state index contributed by atoms with van der Waals surface area (Å²) in [7, 11) is 0. The maximum Gasteiger partial charge on any atom is 0.422 e. The zero-order chi connectivity index (χ0) is 37.8. The smallest absolute Gasteiger partial charge is 0.422 e. The van der Waals surface area contributed by atoms with E-state index in [0.29, 0.717) is 5.95 Å². The zero-order valence-electron chi connectivity index (χ0n) is 29.8. The molecule has 56 heavy (non-hydrogen) atoms. The molecule has 8 heteroatoms. The third-order valence-corrected chi connectivity index (χ3v) is 10.2. The molecular formula is C48H31F3N4O. The average Bonchev–Trinajstić information content (AvgIpc) is 3.75. The van der Waals surface area contributed by atoms with Gasteiger partial charge in [-0.15, -0.1) is 0 Å². The monoisotopic (exact) mass is 736 g/mol. The Hall–Kier alpha value is -7.19. The molecule has 0 amide bonds. The molecule has 0 N–H and O–H groups in total. The first-order valence-electron chi connectivity index (χ1n) is 18.3. The number of nitrogens with zero attached hydrogens (tertiary/aromatic N) is 4. The fraction of sp³-hybridized carbons (Fsp3) is 0.0417. The second-order valence-corrected chi connectivity index (χ2v) is 13.7. The lowest BCUT2D eigenvalue weighted by Gasteiger charge is -2.12. The molecule has 0 fully saturated rings. The second-order valence-electron chi connectivity index (χ2n) is 13.7. The van der Waals surface area contributed by atoms with Crippen LogP contribution in [0.5, 0.6) is 5.75 Å². The quantitative estimate of drug-likeness (QED) is 0.164. The number of ether oxygens (including phenoxy) is 1. The van der Waals surface area contributed by atoms with Gasteiger partial charge in [-0.1, -0.05) is 115 Å². The molecule has 7 aromatic carbocycles. The van der Waals surface area contributed by atoms with Crippen LogP contribution in [0.2, 0.25) is 0 Å². The lowest BCUT2D eigenvalue weighted by atomic mass is 10.0. The maximum atomic E-state index is 12.8. The molecular weight excluding hydrogens is 706 g/mol. The number of benzene rings is 7. The van der Waals surface area contributed by atoms with Crippen LogP contribution in [0.15, 0.2) is 176 Å². The fourth-order valence-electron chi connectivity index (χ4n) is 7.70. The van der Waals surface area contributed by atoms with E-state index < -0.39 is 12.8 Å². The van der Waals surface area contributed by atoms with Crippen molar-refractivity contribution in [2.75, 3.05) is 6.61 Å². The van der Waals surface area contributed by atoms with Crippen molar-refractivity contribution in [3.63, 3.8) is 0 Å². The van der Waals surface area contributed by atoms with E-state index in [-0.39, 0.29) is 5.75 Å². The number of aromatic nitrogens is 4. The van der Waals surface area contributed by atoms with E-state index in [9.17, 15) is 13.2 Å². The normalized spacial score (nSPS) is 11.9. The molecule has 0 aliphatic heterocycles. The van der Waals surface area contributed by atoms with Crippen molar-refractivity contribution >= 4 is 43.6 Å². The number of rotatable bonds is 7. The fourth-order valence-corrected chi connectivity index (χ4v) is 7.70. The van der Waals surface area contributed by atoms with E-state index in [1.807, 2.05) is 54.6 Å².